The van der Waals surface area contributed by atoms with Gasteiger partial charge in [0.1, 0.15) is 0 Å². The van der Waals surface area contributed by atoms with Crippen LogP contribution in [0.1, 0.15) is 73.0 Å². The van der Waals surface area contributed by atoms with Crippen LogP contribution in [0.25, 0.3) is 17.2 Å². The van der Waals surface area contributed by atoms with Gasteiger partial charge < -0.3 is 21.3 Å². The molecule has 6 rings (SSSR count). The standard InChI is InChI=1S/C41H43Cl2N5O2.C2H6/c42-35-23-34(24-36(43)25-35)32-15-7-16-33(22-32)40(50)48-27-38(20-28-9-2-1-3-10-28)47(26-37(48)17-8-18-46-41(44)45)39(49)21-29-11-6-14-30-12-4-5-13-31(30)19-29;1-2/h1-5,7,9-10,12-13,15-16,19,22-25,37-38H,6,8,11,14,17-18,20-21,26-27H2,(H4,44,45,46);1-2H3/t37?,38-;/m1./s1. The number of guanidine groups is 1. The van der Waals surface area contributed by atoms with Crippen molar-refractivity contribution < 1.29 is 9.59 Å². The van der Waals surface area contributed by atoms with Gasteiger partial charge in [0.25, 0.3) is 5.91 Å². The van der Waals surface area contributed by atoms with E-state index in [2.05, 4.69) is 47.5 Å². The van der Waals surface area contributed by atoms with E-state index in [0.717, 1.165) is 41.5 Å². The molecule has 4 aromatic carbocycles. The third-order valence-corrected chi connectivity index (χ3v) is 10.1. The number of aliphatic imine (C=N–C) groups is 1. The van der Waals surface area contributed by atoms with E-state index >= 15 is 0 Å². The lowest BCUT2D eigenvalue weighted by Gasteiger charge is -2.47. The molecule has 2 amide bonds. The normalized spacial score (nSPS) is 16.8. The third-order valence-electron chi connectivity index (χ3n) is 9.62. The van der Waals surface area contributed by atoms with E-state index in [1.165, 1.54) is 11.1 Å². The summed E-state index contributed by atoms with van der Waals surface area (Å²) in [4.78, 5) is 37.0. The number of halogens is 2. The Morgan fingerprint density at radius 3 is 2.25 bits per heavy atom. The van der Waals surface area contributed by atoms with Crippen molar-refractivity contribution in [2.75, 3.05) is 19.6 Å². The largest absolute Gasteiger partial charge is 0.370 e. The van der Waals surface area contributed by atoms with Gasteiger partial charge >= 0.3 is 0 Å². The number of rotatable bonds is 10. The van der Waals surface area contributed by atoms with Crippen molar-refractivity contribution in [3.8, 4) is 11.1 Å². The molecule has 1 heterocycles. The first kappa shape index (κ1) is 38.6. The summed E-state index contributed by atoms with van der Waals surface area (Å²) in [6.45, 7) is 5.28. The minimum absolute atomic E-state index is 0.0393. The van der Waals surface area contributed by atoms with Gasteiger partial charge in [-0.25, -0.2) is 0 Å². The number of carbonyl (C=O) groups excluding carboxylic acids is 2. The molecule has 1 fully saturated rings. The fourth-order valence-electron chi connectivity index (χ4n) is 7.20. The van der Waals surface area contributed by atoms with Crippen molar-refractivity contribution >= 4 is 47.1 Å². The summed E-state index contributed by atoms with van der Waals surface area (Å²) < 4.78 is 0. The molecule has 4 aromatic rings. The van der Waals surface area contributed by atoms with Crippen LogP contribution in [-0.4, -0.2) is 59.3 Å². The van der Waals surface area contributed by atoms with Crippen LogP contribution in [0.5, 0.6) is 0 Å². The van der Waals surface area contributed by atoms with Crippen molar-refractivity contribution in [2.24, 2.45) is 16.5 Å². The molecule has 0 aromatic heterocycles. The first-order valence-corrected chi connectivity index (χ1v) is 19.0. The number of piperazine rings is 1. The molecule has 1 aliphatic heterocycles. The number of carbonyl (C=O) groups is 2. The van der Waals surface area contributed by atoms with Crippen LogP contribution in [0.15, 0.2) is 108 Å². The lowest BCUT2D eigenvalue weighted by atomic mass is 9.94. The van der Waals surface area contributed by atoms with Gasteiger partial charge in [0.05, 0.1) is 6.04 Å². The number of hydrogen-bond donors (Lipinski definition) is 2. The van der Waals surface area contributed by atoms with Crippen LogP contribution in [-0.2, 0) is 17.6 Å². The maximum absolute atomic E-state index is 14.5. The average Bonchev–Trinajstić information content (AvgIpc) is 3.36. The van der Waals surface area contributed by atoms with Crippen LogP contribution in [0.4, 0.5) is 0 Å². The lowest BCUT2D eigenvalue weighted by molar-refractivity contribution is -0.136. The first-order valence-electron chi connectivity index (χ1n) is 18.3. The molecule has 272 valence electrons. The topological polar surface area (TPSA) is 105 Å². The smallest absolute Gasteiger partial charge is 0.254 e. The molecule has 1 unspecified atom stereocenters. The van der Waals surface area contributed by atoms with Crippen molar-refractivity contribution in [1.82, 2.24) is 9.80 Å². The Labute approximate surface area is 318 Å². The quantitative estimate of drug-likeness (QED) is 0.0964. The summed E-state index contributed by atoms with van der Waals surface area (Å²) in [7, 11) is 0. The lowest BCUT2D eigenvalue weighted by Crippen LogP contribution is -2.62. The number of nitrogens with zero attached hydrogens (tertiary/aromatic N) is 3. The zero-order valence-corrected chi connectivity index (χ0v) is 31.6. The molecule has 9 heteroatoms. The molecule has 1 saturated heterocycles. The second-order valence-corrected chi connectivity index (χ2v) is 14.1. The molecule has 0 bridgehead atoms. The van der Waals surface area contributed by atoms with Gasteiger partial charge in [-0.3, -0.25) is 14.6 Å². The summed E-state index contributed by atoms with van der Waals surface area (Å²) in [5, 5.41) is 1.05. The minimum Gasteiger partial charge on any atom is -0.370 e. The molecular weight excluding hydrogens is 689 g/mol. The fraction of sp³-hybridized carbons (Fsp3) is 0.326. The van der Waals surface area contributed by atoms with Gasteiger partial charge in [-0.1, -0.05) is 115 Å². The number of aryl methyl sites for hydroxylation is 1. The van der Waals surface area contributed by atoms with E-state index < -0.39 is 0 Å². The van der Waals surface area contributed by atoms with Crippen LogP contribution in [0, 0.1) is 0 Å². The summed E-state index contributed by atoms with van der Waals surface area (Å²) in [6, 6.07) is 31.1. The van der Waals surface area contributed by atoms with Gasteiger partial charge in [0.2, 0.25) is 5.91 Å². The molecule has 2 aliphatic rings. The molecule has 2 atom stereocenters. The molecule has 1 aliphatic carbocycles. The van der Waals surface area contributed by atoms with E-state index in [-0.39, 0.29) is 29.9 Å². The second-order valence-electron chi connectivity index (χ2n) is 13.2. The third kappa shape index (κ3) is 10.3. The minimum atomic E-state index is -0.221. The summed E-state index contributed by atoms with van der Waals surface area (Å²) in [5.41, 5.74) is 18.3. The molecule has 52 heavy (non-hydrogen) atoms. The molecule has 0 radical (unpaired) electrons. The van der Waals surface area contributed by atoms with Crippen molar-refractivity contribution in [2.45, 2.75) is 70.9 Å². The van der Waals surface area contributed by atoms with Gasteiger partial charge in [0, 0.05) is 47.7 Å². The van der Waals surface area contributed by atoms with Crippen molar-refractivity contribution in [1.29, 1.82) is 0 Å². The fourth-order valence-corrected chi connectivity index (χ4v) is 7.73. The number of hydrogen-bond acceptors (Lipinski definition) is 3. The summed E-state index contributed by atoms with van der Waals surface area (Å²) in [5.74, 6) is 0.0512. The molecule has 0 saturated carbocycles. The first-order chi connectivity index (χ1) is 25.2. The Morgan fingerprint density at radius 2 is 1.50 bits per heavy atom. The highest BCUT2D eigenvalue weighted by Crippen LogP contribution is 2.31. The zero-order valence-electron chi connectivity index (χ0n) is 30.1. The van der Waals surface area contributed by atoms with E-state index in [1.54, 1.807) is 6.07 Å². The number of fused-ring (bicyclic) bond motifs is 1. The van der Waals surface area contributed by atoms with E-state index in [1.807, 2.05) is 78.2 Å². The predicted octanol–water partition coefficient (Wildman–Crippen LogP) is 8.81. The highest BCUT2D eigenvalue weighted by Gasteiger charge is 2.39. The van der Waals surface area contributed by atoms with Crippen LogP contribution in [0.2, 0.25) is 10.0 Å². The molecule has 0 spiro atoms. The Kier molecular flexibility index (Phi) is 13.9. The zero-order chi connectivity index (χ0) is 37.0. The Hall–Kier alpha value is -4.59. The van der Waals surface area contributed by atoms with Crippen LogP contribution < -0.4 is 11.5 Å². The van der Waals surface area contributed by atoms with Gasteiger partial charge in [-0.2, -0.15) is 0 Å². The SMILES string of the molecule is CC.NC(N)=NCCCC1CN(C(=O)CC2=Cc3ccccc3CCC2)[C@H](Cc2ccccc2)CN1C(=O)c1cccc(-c2cc(Cl)cc(Cl)c2)c1. The van der Waals surface area contributed by atoms with Crippen LogP contribution in [0.3, 0.4) is 0 Å². The van der Waals surface area contributed by atoms with Gasteiger partial charge in [-0.15, -0.1) is 0 Å². The maximum Gasteiger partial charge on any atom is 0.254 e. The van der Waals surface area contributed by atoms with E-state index in [4.69, 9.17) is 34.7 Å². The van der Waals surface area contributed by atoms with Gasteiger partial charge in [-0.05, 0) is 96.7 Å². The van der Waals surface area contributed by atoms with Crippen molar-refractivity contribution in [3.05, 3.63) is 135 Å². The molecule has 4 N–H and O–H groups in total. The predicted molar refractivity (Wildman–Crippen MR) is 216 cm³/mol. The Bertz CT molecular complexity index is 1870. The average molecular weight is 739 g/mol. The summed E-state index contributed by atoms with van der Waals surface area (Å²) in [6.07, 6.45) is 7.42. The van der Waals surface area contributed by atoms with E-state index in [0.29, 0.717) is 60.9 Å². The van der Waals surface area contributed by atoms with Crippen molar-refractivity contribution in [3.63, 3.8) is 0 Å². The highest BCUT2D eigenvalue weighted by atomic mass is 35.5. The monoisotopic (exact) mass is 737 g/mol. The second kappa shape index (κ2) is 18.8. The Balaban J connectivity index is 0.00000257. The maximum atomic E-state index is 14.5. The highest BCUT2D eigenvalue weighted by molar-refractivity contribution is 6.35. The van der Waals surface area contributed by atoms with Gasteiger partial charge in [0.15, 0.2) is 5.96 Å². The van der Waals surface area contributed by atoms with Crippen LogP contribution >= 0.6 is 23.2 Å². The molecular formula is C43H49Cl2N5O2. The number of benzene rings is 4. The number of amides is 2. The Morgan fingerprint density at radius 1 is 0.788 bits per heavy atom. The van der Waals surface area contributed by atoms with E-state index in [9.17, 15) is 9.59 Å². The molecule has 7 nitrogen and oxygen atoms in total. The number of nitrogens with two attached hydrogens (primary N) is 2. The summed E-state index contributed by atoms with van der Waals surface area (Å²) >= 11 is 12.6.